The minimum atomic E-state index is -0.739. The molecule has 8 heteroatoms. The van der Waals surface area contributed by atoms with Gasteiger partial charge in [-0.3, -0.25) is 9.59 Å². The van der Waals surface area contributed by atoms with Gasteiger partial charge in [0, 0.05) is 17.0 Å². The van der Waals surface area contributed by atoms with E-state index < -0.39 is 11.6 Å². The molecule has 144 valence electrons. The number of nitrogens with one attached hydrogen (secondary N) is 1. The van der Waals surface area contributed by atoms with Gasteiger partial charge in [0.05, 0.1) is 7.11 Å². The smallest absolute Gasteiger partial charge is 0.276 e. The van der Waals surface area contributed by atoms with E-state index in [4.69, 9.17) is 4.74 Å². The summed E-state index contributed by atoms with van der Waals surface area (Å²) in [7, 11) is 1.59. The monoisotopic (exact) mass is 388 g/mol. The molecule has 1 heterocycles. The van der Waals surface area contributed by atoms with Gasteiger partial charge in [-0.25, -0.2) is 0 Å². The van der Waals surface area contributed by atoms with Crippen molar-refractivity contribution >= 4 is 23.3 Å². The van der Waals surface area contributed by atoms with Crippen molar-refractivity contribution in [2.45, 2.75) is 51.2 Å². The number of hydrogen-bond donors (Lipinski definition) is 1. The topological polar surface area (TPSA) is 84.4 Å². The number of amides is 2. The summed E-state index contributed by atoms with van der Waals surface area (Å²) in [6.45, 7) is 5.76. The van der Waals surface area contributed by atoms with Crippen LogP contribution in [0.25, 0.3) is 0 Å². The summed E-state index contributed by atoms with van der Waals surface area (Å²) >= 11 is 1.12. The van der Waals surface area contributed by atoms with Gasteiger partial charge in [0.2, 0.25) is 5.91 Å². The third kappa shape index (κ3) is 4.63. The van der Waals surface area contributed by atoms with E-state index in [1.807, 2.05) is 32.9 Å². The summed E-state index contributed by atoms with van der Waals surface area (Å²) < 4.78 is 9.01. The fourth-order valence-electron chi connectivity index (χ4n) is 2.90. The first-order valence-corrected chi connectivity index (χ1v) is 9.69. The number of carbonyl (C=O) groups excluding carboxylic acids is 2. The van der Waals surface area contributed by atoms with E-state index in [-0.39, 0.29) is 23.6 Å². The number of methoxy groups -OCH3 is 1. The molecule has 1 aliphatic carbocycles. The predicted molar refractivity (Wildman–Crippen MR) is 103 cm³/mol. The maximum absolute atomic E-state index is 13.2. The zero-order valence-corrected chi connectivity index (χ0v) is 16.7. The standard InChI is InChI=1S/C19H24N4O3S/c1-19(2,3)20-17(24)16(12-5-9-14(26-4)10-6-12)23(13-7-8-13)18(25)15-11-27-22-21-15/h5-6,9-11,13,16H,7-8H2,1-4H3,(H,20,24)/t16-/m1/s1. The molecule has 0 aliphatic heterocycles. The number of rotatable bonds is 6. The van der Waals surface area contributed by atoms with Crippen LogP contribution in [0.2, 0.25) is 0 Å². The Morgan fingerprint density at radius 1 is 1.26 bits per heavy atom. The average Bonchev–Trinajstić information content (AvgIpc) is 3.29. The number of benzene rings is 1. The highest BCUT2D eigenvalue weighted by atomic mass is 32.1. The van der Waals surface area contributed by atoms with Gasteiger partial charge < -0.3 is 15.0 Å². The van der Waals surface area contributed by atoms with Crippen LogP contribution in [-0.4, -0.2) is 45.0 Å². The van der Waals surface area contributed by atoms with Crippen LogP contribution >= 0.6 is 11.5 Å². The lowest BCUT2D eigenvalue weighted by molar-refractivity contribution is -0.127. The van der Waals surface area contributed by atoms with Crippen molar-refractivity contribution in [2.75, 3.05) is 7.11 Å². The van der Waals surface area contributed by atoms with E-state index in [0.29, 0.717) is 5.75 Å². The number of nitrogens with zero attached hydrogens (tertiary/aromatic N) is 3. The fraction of sp³-hybridized carbons (Fsp3) is 0.474. The Morgan fingerprint density at radius 3 is 2.41 bits per heavy atom. The lowest BCUT2D eigenvalue weighted by atomic mass is 10.0. The Bertz CT molecular complexity index is 795. The first-order valence-electron chi connectivity index (χ1n) is 8.86. The molecule has 1 fully saturated rings. The van der Waals surface area contributed by atoms with E-state index >= 15 is 0 Å². The van der Waals surface area contributed by atoms with Gasteiger partial charge in [-0.2, -0.15) is 0 Å². The number of carbonyl (C=O) groups is 2. The van der Waals surface area contributed by atoms with Crippen molar-refractivity contribution in [2.24, 2.45) is 0 Å². The molecule has 1 aliphatic rings. The molecular weight excluding hydrogens is 364 g/mol. The molecular formula is C19H24N4O3S. The van der Waals surface area contributed by atoms with Crippen LogP contribution in [0, 0.1) is 0 Å². The van der Waals surface area contributed by atoms with Gasteiger partial charge in [0.25, 0.3) is 5.91 Å². The summed E-state index contributed by atoms with van der Waals surface area (Å²) in [5.41, 5.74) is 0.595. The molecule has 7 nitrogen and oxygen atoms in total. The molecule has 1 atom stereocenters. The Labute approximate surface area is 162 Å². The summed E-state index contributed by atoms with van der Waals surface area (Å²) in [4.78, 5) is 28.0. The number of aromatic nitrogens is 2. The van der Waals surface area contributed by atoms with Crippen molar-refractivity contribution in [3.8, 4) is 5.75 Å². The maximum Gasteiger partial charge on any atom is 0.276 e. The zero-order valence-electron chi connectivity index (χ0n) is 15.9. The number of hydrogen-bond acceptors (Lipinski definition) is 6. The largest absolute Gasteiger partial charge is 0.497 e. The summed E-state index contributed by atoms with van der Waals surface area (Å²) in [6, 6.07) is 6.54. The van der Waals surface area contributed by atoms with Gasteiger partial charge >= 0.3 is 0 Å². The summed E-state index contributed by atoms with van der Waals surface area (Å²) in [5.74, 6) is 0.217. The molecule has 3 rings (SSSR count). The third-order valence-corrected chi connectivity index (χ3v) is 4.71. The molecule has 1 aromatic heterocycles. The zero-order chi connectivity index (χ0) is 19.6. The normalized spacial score (nSPS) is 15.1. The molecule has 0 spiro atoms. The van der Waals surface area contributed by atoms with Gasteiger partial charge in [0.1, 0.15) is 11.8 Å². The van der Waals surface area contributed by atoms with Gasteiger partial charge in [-0.15, -0.1) is 5.10 Å². The predicted octanol–water partition coefficient (Wildman–Crippen LogP) is 2.81. The minimum Gasteiger partial charge on any atom is -0.497 e. The lowest BCUT2D eigenvalue weighted by Gasteiger charge is -2.33. The van der Waals surface area contributed by atoms with Crippen LogP contribution in [0.3, 0.4) is 0 Å². The summed E-state index contributed by atoms with van der Waals surface area (Å²) in [6.07, 6.45) is 1.75. The average molecular weight is 388 g/mol. The van der Waals surface area contributed by atoms with Crippen LogP contribution in [0.15, 0.2) is 29.6 Å². The molecule has 1 saturated carbocycles. The molecule has 2 aromatic rings. The summed E-state index contributed by atoms with van der Waals surface area (Å²) in [5, 5.41) is 8.54. The van der Waals surface area contributed by atoms with Crippen LogP contribution < -0.4 is 10.1 Å². The fourth-order valence-corrected chi connectivity index (χ4v) is 3.33. The second kappa shape index (κ2) is 7.64. The van der Waals surface area contributed by atoms with Crippen molar-refractivity contribution in [1.29, 1.82) is 0 Å². The second-order valence-corrected chi connectivity index (χ2v) is 8.26. The SMILES string of the molecule is COc1ccc([C@H](C(=O)NC(C)(C)C)N(C(=O)c2csnn2)C2CC2)cc1. The Balaban J connectivity index is 2.00. The molecule has 0 radical (unpaired) electrons. The van der Waals surface area contributed by atoms with E-state index in [2.05, 4.69) is 14.9 Å². The second-order valence-electron chi connectivity index (χ2n) is 7.65. The van der Waals surface area contributed by atoms with Crippen LogP contribution in [-0.2, 0) is 4.79 Å². The number of ether oxygens (including phenoxy) is 1. The van der Waals surface area contributed by atoms with Crippen LogP contribution in [0.4, 0.5) is 0 Å². The van der Waals surface area contributed by atoms with Crippen molar-refractivity contribution in [3.05, 3.63) is 40.9 Å². The van der Waals surface area contributed by atoms with E-state index in [9.17, 15) is 9.59 Å². The van der Waals surface area contributed by atoms with E-state index in [0.717, 1.165) is 29.9 Å². The highest BCUT2D eigenvalue weighted by Gasteiger charge is 2.43. The van der Waals surface area contributed by atoms with Crippen LogP contribution in [0.5, 0.6) is 5.75 Å². The molecule has 2 amide bonds. The molecule has 1 aromatic carbocycles. The van der Waals surface area contributed by atoms with Gasteiger partial charge in [0.15, 0.2) is 5.69 Å². The molecule has 0 unspecified atom stereocenters. The van der Waals surface area contributed by atoms with Crippen LogP contribution in [0.1, 0.15) is 55.7 Å². The molecule has 0 bridgehead atoms. The molecule has 27 heavy (non-hydrogen) atoms. The highest BCUT2D eigenvalue weighted by molar-refractivity contribution is 7.03. The molecule has 0 saturated heterocycles. The Hall–Kier alpha value is -2.48. The van der Waals surface area contributed by atoms with E-state index in [1.165, 1.54) is 0 Å². The van der Waals surface area contributed by atoms with Crippen molar-refractivity contribution in [1.82, 2.24) is 19.8 Å². The maximum atomic E-state index is 13.2. The highest BCUT2D eigenvalue weighted by Crippen LogP contribution is 2.36. The van der Waals surface area contributed by atoms with E-state index in [1.54, 1.807) is 29.5 Å². The lowest BCUT2D eigenvalue weighted by Crippen LogP contribution is -2.50. The first kappa shape index (κ1) is 19.3. The van der Waals surface area contributed by atoms with Gasteiger partial charge in [-0.05, 0) is 62.8 Å². The Morgan fingerprint density at radius 2 is 1.93 bits per heavy atom. The third-order valence-electron chi connectivity index (χ3n) is 4.21. The minimum absolute atomic E-state index is 0.0250. The van der Waals surface area contributed by atoms with Gasteiger partial charge in [-0.1, -0.05) is 16.6 Å². The Kier molecular flexibility index (Phi) is 5.46. The van der Waals surface area contributed by atoms with Crippen molar-refractivity contribution in [3.63, 3.8) is 0 Å². The first-order chi connectivity index (χ1) is 12.8. The molecule has 1 N–H and O–H groups in total. The quantitative estimate of drug-likeness (QED) is 0.823. The van der Waals surface area contributed by atoms with Crippen molar-refractivity contribution < 1.29 is 14.3 Å².